The van der Waals surface area contributed by atoms with Crippen LogP contribution in [-0.4, -0.2) is 22.0 Å². The molecule has 2 nitrogen and oxygen atoms in total. The molecule has 1 aromatic rings. The molecule has 0 saturated heterocycles. The van der Waals surface area contributed by atoms with Crippen molar-refractivity contribution in [1.82, 2.24) is 9.36 Å². The van der Waals surface area contributed by atoms with E-state index in [2.05, 4.69) is 9.36 Å². The number of rotatable bonds is 4. The Morgan fingerprint density at radius 2 is 2.07 bits per heavy atom. The Bertz CT molecular complexity index is 280. The number of hydrogen-bond donors (Lipinski definition) is 0. The quantitative estimate of drug-likeness (QED) is 0.547. The topological polar surface area (TPSA) is 25.8 Å². The smallest absolute Gasteiger partial charge is 0.448 e. The van der Waals surface area contributed by atoms with Crippen molar-refractivity contribution in [1.29, 1.82) is 0 Å². The molecule has 0 atom stereocenters. The Labute approximate surface area is 131 Å². The van der Waals surface area contributed by atoms with Crippen LogP contribution in [0.1, 0.15) is 12.7 Å². The maximum Gasteiger partial charge on any atom is 1.00 e. The third kappa shape index (κ3) is 6.09. The molecule has 0 unspecified atom stereocenters. The Kier molecular flexibility index (Phi) is 7.56. The molecule has 0 aliphatic carbocycles. The second kappa shape index (κ2) is 6.87. The van der Waals surface area contributed by atoms with Crippen LogP contribution in [-0.2, 0) is 6.42 Å². The number of hydrogen-bond acceptors (Lipinski definition) is 4. The first-order valence-electron chi connectivity index (χ1n) is 3.67. The van der Waals surface area contributed by atoms with Gasteiger partial charge in [-0.3, -0.25) is 0 Å². The summed E-state index contributed by atoms with van der Waals surface area (Å²) in [6.07, 6.45) is 0.661. The fraction of sp³-hybridized carbons (Fsp3) is 0.600. The van der Waals surface area contributed by atoms with Crippen molar-refractivity contribution in [3.05, 3.63) is 5.82 Å². The van der Waals surface area contributed by atoms with Crippen LogP contribution in [0.5, 0.6) is 0 Å². The van der Waals surface area contributed by atoms with Crippen LogP contribution in [0.2, 0.25) is 0 Å². The van der Waals surface area contributed by atoms with E-state index in [9.17, 15) is 12.9 Å². The zero-order valence-corrected chi connectivity index (χ0v) is 12.6. The second-order valence-electron chi connectivity index (χ2n) is 2.35. The predicted octanol–water partition coefficient (Wildman–Crippen LogP) is -0.417. The van der Waals surface area contributed by atoms with Crippen molar-refractivity contribution >= 4 is 30.3 Å². The van der Waals surface area contributed by atoms with Gasteiger partial charge in [0.2, 0.25) is 0 Å². The third-order valence-corrected chi connectivity index (χ3v) is 3.17. The zero-order chi connectivity index (χ0) is 9.90. The Hall–Kier alpha value is 1.40. The van der Waals surface area contributed by atoms with Gasteiger partial charge in [0.15, 0.2) is 4.34 Å². The molecular weight excluding hydrogens is 259 g/mol. The van der Waals surface area contributed by atoms with Crippen LogP contribution in [0.25, 0.3) is 0 Å². The van der Waals surface area contributed by atoms with E-state index in [0.29, 0.717) is 28.3 Å². The van der Waals surface area contributed by atoms with Gasteiger partial charge in [-0.1, -0.05) is 6.92 Å². The molecule has 0 radical (unpaired) electrons. The van der Waals surface area contributed by atoms with Crippen LogP contribution in [0.3, 0.4) is 0 Å². The first-order valence-corrected chi connectivity index (χ1v) is 5.43. The van der Waals surface area contributed by atoms with E-state index in [0.717, 1.165) is 11.5 Å². The molecule has 0 aliphatic rings. The summed E-state index contributed by atoms with van der Waals surface area (Å²) in [5.41, 5.74) is -0.835. The molecule has 0 bridgehead atoms. The van der Waals surface area contributed by atoms with Crippen LogP contribution in [0, 0.1) is 0 Å². The molecule has 9 heteroatoms. The van der Waals surface area contributed by atoms with Crippen molar-refractivity contribution in [2.75, 3.05) is 5.65 Å². The molecule has 1 rings (SSSR count). The van der Waals surface area contributed by atoms with Gasteiger partial charge >= 0.3 is 58.4 Å². The largest absolute Gasteiger partial charge is 1.00 e. The summed E-state index contributed by atoms with van der Waals surface area (Å²) in [6, 6.07) is 0. The van der Waals surface area contributed by atoms with Crippen molar-refractivity contribution in [2.45, 2.75) is 17.7 Å². The second-order valence-corrected chi connectivity index (χ2v) is 4.37. The van der Waals surface area contributed by atoms with Gasteiger partial charge in [-0.25, -0.2) is 4.98 Å². The average Bonchev–Trinajstić information content (AvgIpc) is 2.47. The van der Waals surface area contributed by atoms with Crippen molar-refractivity contribution in [3.8, 4) is 0 Å². The van der Waals surface area contributed by atoms with E-state index in [1.165, 1.54) is 0 Å². The first kappa shape index (κ1) is 15.4. The molecule has 0 N–H and O–H groups in total. The molecule has 14 heavy (non-hydrogen) atoms. The molecule has 0 amide bonds. The molecule has 0 fully saturated rings. The number of thioether (sulfide) groups is 1. The summed E-state index contributed by atoms with van der Waals surface area (Å²) in [7, 11) is 0. The normalized spacial score (nSPS) is 11.1. The number of aryl methyl sites for hydroxylation is 1. The van der Waals surface area contributed by atoms with Gasteiger partial charge in [-0.15, -0.1) is 11.8 Å². The minimum Gasteiger partial charge on any atom is -0.448 e. The summed E-state index contributed by atoms with van der Waals surface area (Å²) in [6.45, 7) is -2.86. The molecule has 1 heterocycles. The van der Waals surface area contributed by atoms with Gasteiger partial charge in [-0.05, 0) is 17.2 Å². The van der Waals surface area contributed by atoms with E-state index in [4.69, 9.17) is 0 Å². The maximum atomic E-state index is 11.8. The van der Waals surface area contributed by atoms with Gasteiger partial charge in [-0.2, -0.15) is 4.37 Å². The fourth-order valence-corrected chi connectivity index (χ4v) is 2.13. The van der Waals surface area contributed by atoms with E-state index < -0.39 is 12.6 Å². The maximum absolute atomic E-state index is 11.8. The molecule has 0 aliphatic heterocycles. The first-order chi connectivity index (χ1) is 6.01. The number of nitrogens with zero attached hydrogens (tertiary/aromatic N) is 2. The Balaban J connectivity index is 0.00000169. The fourth-order valence-electron chi connectivity index (χ4n) is 0.606. The van der Waals surface area contributed by atoms with E-state index >= 15 is 0 Å². The van der Waals surface area contributed by atoms with Crippen LogP contribution < -0.4 is 51.4 Å². The molecule has 1 aromatic heterocycles. The number of aromatic nitrogens is 2. The van der Waals surface area contributed by atoms with Crippen molar-refractivity contribution < 1.29 is 64.3 Å². The van der Waals surface area contributed by atoms with Gasteiger partial charge in [0.05, 0.1) is 0 Å². The molecular formula is C5H7BF3KN2S2. The Morgan fingerprint density at radius 3 is 2.50 bits per heavy atom. The standard InChI is InChI=1S/C5H7BF3N2S2.K/c1-2-4-10-5(13-11-4)12-3-6(7,8)9;/h2-3H2,1H3;/q-1;+1. The van der Waals surface area contributed by atoms with Crippen molar-refractivity contribution in [3.63, 3.8) is 0 Å². The zero-order valence-electron chi connectivity index (χ0n) is 7.84. The average molecular weight is 266 g/mol. The van der Waals surface area contributed by atoms with Crippen LogP contribution in [0.4, 0.5) is 12.9 Å². The van der Waals surface area contributed by atoms with E-state index in [1.807, 2.05) is 6.92 Å². The summed E-state index contributed by atoms with van der Waals surface area (Å²) < 4.78 is 39.8. The minimum absolute atomic E-state index is 0. The van der Waals surface area contributed by atoms with Gasteiger partial charge < -0.3 is 12.9 Å². The Morgan fingerprint density at radius 1 is 1.43 bits per heavy atom. The molecule has 0 saturated carbocycles. The number of halogens is 3. The molecule has 0 aromatic carbocycles. The third-order valence-electron chi connectivity index (χ3n) is 1.16. The monoisotopic (exact) mass is 266 g/mol. The molecule has 0 spiro atoms. The molecule has 74 valence electrons. The van der Waals surface area contributed by atoms with Crippen LogP contribution >= 0.6 is 23.3 Å². The summed E-state index contributed by atoms with van der Waals surface area (Å²) >= 11 is 1.74. The summed E-state index contributed by atoms with van der Waals surface area (Å²) in [5.74, 6) is 0.613. The summed E-state index contributed by atoms with van der Waals surface area (Å²) in [5, 5.41) is 0. The predicted molar refractivity (Wildman–Crippen MR) is 49.1 cm³/mol. The van der Waals surface area contributed by atoms with Gasteiger partial charge in [0, 0.05) is 6.42 Å². The van der Waals surface area contributed by atoms with E-state index in [-0.39, 0.29) is 51.4 Å². The minimum atomic E-state index is -4.72. The van der Waals surface area contributed by atoms with Crippen molar-refractivity contribution in [2.24, 2.45) is 0 Å². The SMILES string of the molecule is CCc1nsc(SC[B-](F)(F)F)n1.[K+]. The van der Waals surface area contributed by atoms with Gasteiger partial charge in [0.25, 0.3) is 0 Å². The van der Waals surface area contributed by atoms with Crippen LogP contribution in [0.15, 0.2) is 4.34 Å². The summed E-state index contributed by atoms with van der Waals surface area (Å²) in [4.78, 5) is 3.91. The van der Waals surface area contributed by atoms with Gasteiger partial charge in [0.1, 0.15) is 5.82 Å². The van der Waals surface area contributed by atoms with E-state index in [1.54, 1.807) is 0 Å².